The fourth-order valence-corrected chi connectivity index (χ4v) is 3.06. The van der Waals surface area contributed by atoms with Gasteiger partial charge in [-0.15, -0.1) is 11.3 Å². The number of nitrogens with one attached hydrogen (secondary N) is 1. The highest BCUT2D eigenvalue weighted by Crippen LogP contribution is 2.19. The third-order valence-corrected chi connectivity index (χ3v) is 3.98. The normalized spacial score (nSPS) is 20.1. The van der Waals surface area contributed by atoms with E-state index >= 15 is 0 Å². The van der Waals surface area contributed by atoms with E-state index in [0.717, 1.165) is 11.3 Å². The number of aryl methyl sites for hydroxylation is 1. The van der Waals surface area contributed by atoms with Crippen molar-refractivity contribution in [1.82, 2.24) is 10.2 Å². The van der Waals surface area contributed by atoms with E-state index in [4.69, 9.17) is 0 Å². The van der Waals surface area contributed by atoms with Crippen LogP contribution in [0.4, 0.5) is 0 Å². The van der Waals surface area contributed by atoms with Gasteiger partial charge in [0.1, 0.15) is 6.04 Å². The van der Waals surface area contributed by atoms with Crippen molar-refractivity contribution in [3.8, 4) is 0 Å². The molecule has 1 aliphatic rings. The summed E-state index contributed by atoms with van der Waals surface area (Å²) in [5.41, 5.74) is 0. The van der Waals surface area contributed by atoms with E-state index in [9.17, 15) is 9.59 Å². The van der Waals surface area contributed by atoms with Crippen molar-refractivity contribution in [3.63, 3.8) is 0 Å². The van der Waals surface area contributed by atoms with Gasteiger partial charge >= 0.3 is 0 Å². The Bertz CT molecular complexity index is 456. The molecule has 0 radical (unpaired) electrons. The molecule has 2 heterocycles. The van der Waals surface area contributed by atoms with E-state index < -0.39 is 0 Å². The fraction of sp³-hybridized carbons (Fsp3) is 0.538. The summed E-state index contributed by atoms with van der Waals surface area (Å²) in [4.78, 5) is 27.8. The summed E-state index contributed by atoms with van der Waals surface area (Å²) in [6.07, 6.45) is 1.60. The van der Waals surface area contributed by atoms with Crippen LogP contribution in [0.25, 0.3) is 0 Å². The van der Waals surface area contributed by atoms with Crippen LogP contribution in [0.5, 0.6) is 0 Å². The summed E-state index contributed by atoms with van der Waals surface area (Å²) in [7, 11) is 0. The first-order chi connectivity index (χ1) is 8.60. The van der Waals surface area contributed by atoms with Crippen molar-refractivity contribution in [1.29, 1.82) is 0 Å². The van der Waals surface area contributed by atoms with Gasteiger partial charge in [-0.1, -0.05) is 13.3 Å². The lowest BCUT2D eigenvalue weighted by Gasteiger charge is -2.32. The summed E-state index contributed by atoms with van der Waals surface area (Å²) in [5, 5.41) is 2.76. The number of hydrogen-bond donors (Lipinski definition) is 1. The quantitative estimate of drug-likeness (QED) is 0.901. The summed E-state index contributed by atoms with van der Waals surface area (Å²) >= 11 is 1.67. The van der Waals surface area contributed by atoms with Gasteiger partial charge in [-0.2, -0.15) is 0 Å². The molecular weight excluding hydrogens is 248 g/mol. The molecule has 2 rings (SSSR count). The SMILES string of the molecule is CCCC1NC(=O)CN(Cc2ccc(C)s2)C1=O. The Morgan fingerprint density at radius 1 is 1.44 bits per heavy atom. The minimum Gasteiger partial charge on any atom is -0.343 e. The van der Waals surface area contributed by atoms with Crippen molar-refractivity contribution in [2.75, 3.05) is 6.54 Å². The maximum absolute atomic E-state index is 12.2. The molecule has 2 amide bonds. The third-order valence-electron chi connectivity index (χ3n) is 3.00. The standard InChI is InChI=1S/C13H18N2O2S/c1-3-4-11-13(17)15(8-12(16)14-11)7-10-6-5-9(2)18-10/h5-6,11H,3-4,7-8H2,1-2H3,(H,14,16). The zero-order chi connectivity index (χ0) is 13.1. The molecule has 0 saturated carbocycles. The summed E-state index contributed by atoms with van der Waals surface area (Å²) in [6.45, 7) is 4.78. The van der Waals surface area contributed by atoms with Gasteiger partial charge in [0, 0.05) is 9.75 Å². The second kappa shape index (κ2) is 5.52. The molecule has 1 aromatic heterocycles. The van der Waals surface area contributed by atoms with Crippen LogP contribution in [0.3, 0.4) is 0 Å². The largest absolute Gasteiger partial charge is 0.343 e. The van der Waals surface area contributed by atoms with Gasteiger partial charge in [-0.05, 0) is 25.5 Å². The van der Waals surface area contributed by atoms with Crippen LogP contribution in [-0.4, -0.2) is 29.3 Å². The second-order valence-corrected chi connectivity index (χ2v) is 5.99. The predicted octanol–water partition coefficient (Wildman–Crippen LogP) is 1.68. The van der Waals surface area contributed by atoms with Gasteiger partial charge in [-0.25, -0.2) is 0 Å². The molecule has 1 unspecified atom stereocenters. The molecule has 0 aromatic carbocycles. The summed E-state index contributed by atoms with van der Waals surface area (Å²) in [6, 6.07) is 3.73. The molecule has 1 aromatic rings. The van der Waals surface area contributed by atoms with E-state index in [1.165, 1.54) is 4.88 Å². The molecule has 4 nitrogen and oxygen atoms in total. The average molecular weight is 266 g/mol. The number of rotatable bonds is 4. The lowest BCUT2D eigenvalue weighted by molar-refractivity contribution is -0.145. The smallest absolute Gasteiger partial charge is 0.245 e. The van der Waals surface area contributed by atoms with E-state index in [-0.39, 0.29) is 24.4 Å². The Balaban J connectivity index is 2.06. The molecule has 1 aliphatic heterocycles. The van der Waals surface area contributed by atoms with Gasteiger partial charge in [0.15, 0.2) is 0 Å². The van der Waals surface area contributed by atoms with Gasteiger partial charge in [0.05, 0.1) is 13.1 Å². The average Bonchev–Trinajstić information content (AvgIpc) is 2.71. The molecular formula is C13H18N2O2S. The monoisotopic (exact) mass is 266 g/mol. The number of carbonyl (C=O) groups is 2. The fourth-order valence-electron chi connectivity index (χ4n) is 2.15. The Labute approximate surface area is 111 Å². The number of amides is 2. The Hall–Kier alpha value is -1.36. The van der Waals surface area contributed by atoms with Crippen molar-refractivity contribution in [2.45, 2.75) is 39.3 Å². The highest BCUT2D eigenvalue weighted by Gasteiger charge is 2.31. The summed E-state index contributed by atoms with van der Waals surface area (Å²) < 4.78 is 0. The molecule has 1 atom stereocenters. The first kappa shape index (κ1) is 13.1. The molecule has 18 heavy (non-hydrogen) atoms. The van der Waals surface area contributed by atoms with Gasteiger partial charge in [-0.3, -0.25) is 9.59 Å². The molecule has 98 valence electrons. The van der Waals surface area contributed by atoms with Crippen LogP contribution in [-0.2, 0) is 16.1 Å². The molecule has 1 N–H and O–H groups in total. The van der Waals surface area contributed by atoms with Gasteiger partial charge in [0.25, 0.3) is 0 Å². The minimum atomic E-state index is -0.336. The van der Waals surface area contributed by atoms with E-state index in [1.807, 2.05) is 26.0 Å². The zero-order valence-electron chi connectivity index (χ0n) is 10.7. The van der Waals surface area contributed by atoms with Crippen molar-refractivity contribution in [2.24, 2.45) is 0 Å². The van der Waals surface area contributed by atoms with Crippen molar-refractivity contribution >= 4 is 23.2 Å². The Morgan fingerprint density at radius 2 is 2.22 bits per heavy atom. The third kappa shape index (κ3) is 2.90. The number of piperazine rings is 1. The Morgan fingerprint density at radius 3 is 2.83 bits per heavy atom. The number of carbonyl (C=O) groups excluding carboxylic acids is 2. The number of thiophene rings is 1. The van der Waals surface area contributed by atoms with E-state index in [2.05, 4.69) is 5.32 Å². The predicted molar refractivity (Wildman–Crippen MR) is 71.3 cm³/mol. The minimum absolute atomic E-state index is 0.0440. The topological polar surface area (TPSA) is 49.4 Å². The van der Waals surface area contributed by atoms with Crippen LogP contribution in [0, 0.1) is 6.92 Å². The zero-order valence-corrected chi connectivity index (χ0v) is 11.5. The van der Waals surface area contributed by atoms with Gasteiger partial charge < -0.3 is 10.2 Å². The number of nitrogens with zero attached hydrogens (tertiary/aromatic N) is 1. The lowest BCUT2D eigenvalue weighted by Crippen LogP contribution is -2.57. The van der Waals surface area contributed by atoms with E-state index in [0.29, 0.717) is 13.0 Å². The van der Waals surface area contributed by atoms with Crippen molar-refractivity contribution in [3.05, 3.63) is 21.9 Å². The maximum Gasteiger partial charge on any atom is 0.245 e. The molecule has 0 aliphatic carbocycles. The molecule has 0 bridgehead atoms. The Kier molecular flexibility index (Phi) is 4.01. The van der Waals surface area contributed by atoms with Crippen LogP contribution < -0.4 is 5.32 Å². The molecule has 0 spiro atoms. The van der Waals surface area contributed by atoms with Crippen LogP contribution in [0.2, 0.25) is 0 Å². The van der Waals surface area contributed by atoms with Crippen LogP contribution >= 0.6 is 11.3 Å². The molecule has 1 saturated heterocycles. The highest BCUT2D eigenvalue weighted by atomic mass is 32.1. The number of hydrogen-bond acceptors (Lipinski definition) is 3. The molecule has 1 fully saturated rings. The van der Waals surface area contributed by atoms with E-state index in [1.54, 1.807) is 16.2 Å². The van der Waals surface area contributed by atoms with Crippen molar-refractivity contribution < 1.29 is 9.59 Å². The van der Waals surface area contributed by atoms with Gasteiger partial charge in [0.2, 0.25) is 11.8 Å². The highest BCUT2D eigenvalue weighted by molar-refractivity contribution is 7.11. The first-order valence-corrected chi connectivity index (χ1v) is 7.05. The lowest BCUT2D eigenvalue weighted by atomic mass is 10.1. The van der Waals surface area contributed by atoms with Crippen LogP contribution in [0.1, 0.15) is 29.5 Å². The summed E-state index contributed by atoms with van der Waals surface area (Å²) in [5.74, 6) is -0.0103. The van der Waals surface area contributed by atoms with Crippen LogP contribution in [0.15, 0.2) is 12.1 Å². The first-order valence-electron chi connectivity index (χ1n) is 6.23. The second-order valence-electron chi connectivity index (χ2n) is 4.62. The molecule has 5 heteroatoms. The maximum atomic E-state index is 12.2.